The Morgan fingerprint density at radius 2 is 1.80 bits per heavy atom. The number of piperidine rings is 1. The predicted molar refractivity (Wildman–Crippen MR) is 104 cm³/mol. The van der Waals surface area contributed by atoms with E-state index in [2.05, 4.69) is 15.5 Å². The smallest absolute Gasteiger partial charge is 0.416 e. The number of rotatable bonds is 3. The third-order valence-electron chi connectivity index (χ3n) is 4.98. The lowest BCUT2D eigenvalue weighted by molar-refractivity contribution is -0.137. The lowest BCUT2D eigenvalue weighted by atomic mass is 9.98. The molecule has 1 aliphatic heterocycles. The van der Waals surface area contributed by atoms with Crippen LogP contribution in [0.15, 0.2) is 59.0 Å². The summed E-state index contributed by atoms with van der Waals surface area (Å²) in [5, 5.41) is 10.9. The number of anilines is 1. The van der Waals surface area contributed by atoms with E-state index in [0.29, 0.717) is 30.2 Å². The van der Waals surface area contributed by atoms with Crippen LogP contribution >= 0.6 is 0 Å². The first-order valence-electron chi connectivity index (χ1n) is 9.52. The number of alkyl halides is 3. The minimum absolute atomic E-state index is 0.129. The molecule has 1 atom stereocenters. The molecule has 1 aromatic heterocycles. The maximum Gasteiger partial charge on any atom is 0.416 e. The lowest BCUT2D eigenvalue weighted by Crippen LogP contribution is -2.41. The number of nitrogens with zero attached hydrogens (tertiary/aromatic N) is 3. The van der Waals surface area contributed by atoms with Gasteiger partial charge < -0.3 is 14.6 Å². The summed E-state index contributed by atoms with van der Waals surface area (Å²) in [4.78, 5) is 14.2. The second-order valence-corrected chi connectivity index (χ2v) is 7.10. The molecule has 1 fully saturated rings. The van der Waals surface area contributed by atoms with E-state index in [4.69, 9.17) is 4.42 Å². The van der Waals surface area contributed by atoms with Crippen molar-refractivity contribution in [3.63, 3.8) is 0 Å². The average molecular weight is 416 g/mol. The van der Waals surface area contributed by atoms with Crippen molar-refractivity contribution >= 4 is 11.7 Å². The van der Waals surface area contributed by atoms with Crippen molar-refractivity contribution in [3.05, 3.63) is 66.1 Å². The van der Waals surface area contributed by atoms with Gasteiger partial charge in [0.1, 0.15) is 0 Å². The third kappa shape index (κ3) is 4.45. The fourth-order valence-electron chi connectivity index (χ4n) is 3.41. The quantitative estimate of drug-likeness (QED) is 0.640. The molecule has 2 amide bonds. The van der Waals surface area contributed by atoms with Crippen LogP contribution in [0.3, 0.4) is 0 Å². The highest BCUT2D eigenvalue weighted by molar-refractivity contribution is 5.89. The topological polar surface area (TPSA) is 71.3 Å². The van der Waals surface area contributed by atoms with Crippen LogP contribution < -0.4 is 5.32 Å². The van der Waals surface area contributed by atoms with Crippen molar-refractivity contribution < 1.29 is 22.4 Å². The molecule has 0 saturated carbocycles. The number of benzene rings is 2. The normalized spacial score (nSPS) is 17.0. The van der Waals surface area contributed by atoms with Crippen LogP contribution in [-0.4, -0.2) is 34.2 Å². The molecule has 30 heavy (non-hydrogen) atoms. The molecule has 9 heteroatoms. The molecule has 1 aliphatic rings. The van der Waals surface area contributed by atoms with Gasteiger partial charge in [-0.1, -0.05) is 18.2 Å². The van der Waals surface area contributed by atoms with E-state index in [1.807, 2.05) is 30.3 Å². The first-order valence-corrected chi connectivity index (χ1v) is 9.52. The number of nitrogens with one attached hydrogen (secondary N) is 1. The Bertz CT molecular complexity index is 1000. The number of urea groups is 1. The number of hydrogen-bond acceptors (Lipinski definition) is 4. The Hall–Kier alpha value is -3.36. The maximum absolute atomic E-state index is 12.7. The van der Waals surface area contributed by atoms with E-state index in [9.17, 15) is 18.0 Å². The van der Waals surface area contributed by atoms with E-state index >= 15 is 0 Å². The molecule has 0 radical (unpaired) electrons. The van der Waals surface area contributed by atoms with Crippen molar-refractivity contribution in [2.24, 2.45) is 0 Å². The molecular weight excluding hydrogens is 397 g/mol. The van der Waals surface area contributed by atoms with Crippen molar-refractivity contribution in [1.82, 2.24) is 15.1 Å². The molecule has 1 saturated heterocycles. The summed E-state index contributed by atoms with van der Waals surface area (Å²) in [6, 6.07) is 13.6. The van der Waals surface area contributed by atoms with E-state index in [1.165, 1.54) is 12.1 Å². The molecule has 3 aromatic rings. The van der Waals surface area contributed by atoms with Crippen LogP contribution in [0.1, 0.15) is 30.2 Å². The molecule has 156 valence electrons. The minimum atomic E-state index is -4.40. The second kappa shape index (κ2) is 8.17. The summed E-state index contributed by atoms with van der Waals surface area (Å²) in [6.45, 7) is 1.04. The maximum atomic E-state index is 12.7. The molecule has 0 spiro atoms. The van der Waals surface area contributed by atoms with Crippen molar-refractivity contribution in [1.29, 1.82) is 0 Å². The van der Waals surface area contributed by atoms with E-state index in [1.54, 1.807) is 4.90 Å². The number of likely N-dealkylation sites (tertiary alicyclic amines) is 1. The van der Waals surface area contributed by atoms with Gasteiger partial charge in [0.05, 0.1) is 11.5 Å². The van der Waals surface area contributed by atoms with Crippen LogP contribution in [0.2, 0.25) is 0 Å². The van der Waals surface area contributed by atoms with Crippen molar-refractivity contribution in [2.75, 3.05) is 18.4 Å². The van der Waals surface area contributed by atoms with Gasteiger partial charge in [0.2, 0.25) is 11.8 Å². The summed E-state index contributed by atoms with van der Waals surface area (Å²) >= 11 is 0. The highest BCUT2D eigenvalue weighted by atomic mass is 19.4. The number of carbonyl (C=O) groups is 1. The summed E-state index contributed by atoms with van der Waals surface area (Å²) in [7, 11) is 0. The first-order chi connectivity index (χ1) is 14.4. The largest absolute Gasteiger partial charge is 0.420 e. The fraction of sp³-hybridized carbons (Fsp3) is 0.286. The number of carbonyl (C=O) groups excluding carboxylic acids is 1. The van der Waals surface area contributed by atoms with Crippen LogP contribution in [0.25, 0.3) is 11.5 Å². The number of halogens is 3. The van der Waals surface area contributed by atoms with E-state index < -0.39 is 11.7 Å². The standard InChI is InChI=1S/C21H19F3N4O2/c22-21(23,24)16-10-8-14(9-11-16)18-26-27-19(30-18)15-5-4-12-28(13-15)20(29)25-17-6-2-1-3-7-17/h1-3,6-11,15H,4-5,12-13H2,(H,25,29). The number of aromatic nitrogens is 2. The minimum Gasteiger partial charge on any atom is -0.420 e. The summed E-state index contributed by atoms with van der Waals surface area (Å²) < 4.78 is 43.9. The molecule has 6 nitrogen and oxygen atoms in total. The number of amides is 2. The molecule has 0 bridgehead atoms. The predicted octanol–water partition coefficient (Wildman–Crippen LogP) is 5.17. The van der Waals surface area contributed by atoms with E-state index in [0.717, 1.165) is 25.0 Å². The first kappa shape index (κ1) is 19.9. The molecule has 2 heterocycles. The second-order valence-electron chi connectivity index (χ2n) is 7.10. The van der Waals surface area contributed by atoms with Gasteiger partial charge in [-0.2, -0.15) is 13.2 Å². The van der Waals surface area contributed by atoms with Gasteiger partial charge in [-0.15, -0.1) is 10.2 Å². The molecule has 0 aliphatic carbocycles. The lowest BCUT2D eigenvalue weighted by Gasteiger charge is -2.31. The van der Waals surface area contributed by atoms with Gasteiger partial charge in [-0.3, -0.25) is 0 Å². The highest BCUT2D eigenvalue weighted by Gasteiger charge is 2.31. The highest BCUT2D eigenvalue weighted by Crippen LogP contribution is 2.32. The number of para-hydroxylation sites is 1. The fourth-order valence-corrected chi connectivity index (χ4v) is 3.41. The molecule has 1 N–H and O–H groups in total. The summed E-state index contributed by atoms with van der Waals surface area (Å²) in [5.74, 6) is 0.405. The average Bonchev–Trinajstić information content (AvgIpc) is 3.24. The summed E-state index contributed by atoms with van der Waals surface area (Å²) in [6.07, 6.45) is -2.83. The van der Waals surface area contributed by atoms with E-state index in [-0.39, 0.29) is 17.8 Å². The monoisotopic (exact) mass is 416 g/mol. The Labute approximate surface area is 170 Å². The Morgan fingerprint density at radius 3 is 2.50 bits per heavy atom. The van der Waals surface area contributed by atoms with Gasteiger partial charge in [-0.25, -0.2) is 4.79 Å². The van der Waals surface area contributed by atoms with Crippen molar-refractivity contribution in [2.45, 2.75) is 24.9 Å². The van der Waals surface area contributed by atoms with Crippen LogP contribution in [0.4, 0.5) is 23.7 Å². The van der Waals surface area contributed by atoms with Crippen molar-refractivity contribution in [3.8, 4) is 11.5 Å². The molecule has 1 unspecified atom stereocenters. The molecule has 2 aromatic carbocycles. The zero-order chi connectivity index (χ0) is 21.1. The van der Waals surface area contributed by atoms with Gasteiger partial charge in [-0.05, 0) is 49.2 Å². The van der Waals surface area contributed by atoms with Crippen LogP contribution in [0.5, 0.6) is 0 Å². The van der Waals surface area contributed by atoms with Gasteiger partial charge in [0.15, 0.2) is 0 Å². The number of hydrogen-bond donors (Lipinski definition) is 1. The van der Waals surface area contributed by atoms with Crippen LogP contribution in [-0.2, 0) is 6.18 Å². The Kier molecular flexibility index (Phi) is 5.43. The third-order valence-corrected chi connectivity index (χ3v) is 4.98. The SMILES string of the molecule is O=C(Nc1ccccc1)N1CCCC(c2nnc(-c3ccc(C(F)(F)F)cc3)o2)C1. The zero-order valence-corrected chi connectivity index (χ0v) is 15.9. The van der Waals surface area contributed by atoms with Gasteiger partial charge >= 0.3 is 12.2 Å². The Balaban J connectivity index is 1.43. The molecule has 4 rings (SSSR count). The molecular formula is C21H19F3N4O2. The Morgan fingerprint density at radius 1 is 1.07 bits per heavy atom. The zero-order valence-electron chi connectivity index (χ0n) is 15.9. The van der Waals surface area contributed by atoms with Gasteiger partial charge in [0.25, 0.3) is 0 Å². The summed E-state index contributed by atoms with van der Waals surface area (Å²) in [5.41, 5.74) is 0.390. The van der Waals surface area contributed by atoms with Crippen LogP contribution in [0, 0.1) is 0 Å². The van der Waals surface area contributed by atoms with Gasteiger partial charge in [0, 0.05) is 24.3 Å².